The molecule has 0 atom stereocenters. The number of thiophene rings is 1. The molecule has 4 heteroatoms. The van der Waals surface area contributed by atoms with Crippen molar-refractivity contribution < 1.29 is 9.32 Å². The zero-order chi connectivity index (χ0) is 10.3. The maximum absolute atomic E-state index is 11.8. The van der Waals surface area contributed by atoms with E-state index in [9.17, 15) is 4.79 Å². The highest BCUT2D eigenvalue weighted by Gasteiger charge is 2.27. The molecule has 76 valence electrons. The number of aryl methyl sites for hydroxylation is 1. The molecule has 0 spiro atoms. The van der Waals surface area contributed by atoms with Gasteiger partial charge in [0.1, 0.15) is 11.5 Å². The van der Waals surface area contributed by atoms with Crippen molar-refractivity contribution in [2.24, 2.45) is 0 Å². The maximum atomic E-state index is 11.8. The van der Waals surface area contributed by atoms with Crippen molar-refractivity contribution in [2.45, 2.75) is 19.3 Å². The van der Waals surface area contributed by atoms with E-state index < -0.39 is 0 Å². The standard InChI is InChI=1S/C11H9NO2S/c13-7-3-1-4-8-10(7)11(12-14-8)9-5-2-6-15-9/h2,5-6H,1,3-4H2. The third-order valence-electron chi connectivity index (χ3n) is 2.60. The van der Waals surface area contributed by atoms with Gasteiger partial charge in [-0.15, -0.1) is 11.3 Å². The van der Waals surface area contributed by atoms with E-state index in [4.69, 9.17) is 4.52 Å². The normalized spacial score (nSPS) is 15.3. The van der Waals surface area contributed by atoms with Gasteiger partial charge in [-0.2, -0.15) is 0 Å². The third-order valence-corrected chi connectivity index (χ3v) is 3.48. The predicted octanol–water partition coefficient (Wildman–Crippen LogP) is 2.92. The number of aromatic nitrogens is 1. The number of hydrogen-bond acceptors (Lipinski definition) is 4. The lowest BCUT2D eigenvalue weighted by atomic mass is 9.95. The fourth-order valence-electron chi connectivity index (χ4n) is 1.90. The Balaban J connectivity index is 2.18. The number of carbonyl (C=O) groups is 1. The van der Waals surface area contributed by atoms with Crippen molar-refractivity contribution in [3.05, 3.63) is 28.8 Å². The van der Waals surface area contributed by atoms with Crippen LogP contribution in [0.3, 0.4) is 0 Å². The van der Waals surface area contributed by atoms with Gasteiger partial charge in [-0.05, 0) is 17.9 Å². The Bertz CT molecular complexity index is 499. The molecule has 0 saturated carbocycles. The highest BCUT2D eigenvalue weighted by molar-refractivity contribution is 7.13. The van der Waals surface area contributed by atoms with Crippen LogP contribution in [0.5, 0.6) is 0 Å². The highest BCUT2D eigenvalue weighted by atomic mass is 32.1. The summed E-state index contributed by atoms with van der Waals surface area (Å²) in [6, 6.07) is 3.92. The molecule has 2 aromatic heterocycles. The van der Waals surface area contributed by atoms with Crippen LogP contribution < -0.4 is 0 Å². The summed E-state index contributed by atoms with van der Waals surface area (Å²) in [7, 11) is 0. The number of carbonyl (C=O) groups excluding carboxylic acids is 1. The molecule has 0 radical (unpaired) electrons. The first-order valence-corrected chi connectivity index (χ1v) is 5.80. The molecule has 1 aliphatic carbocycles. The van der Waals surface area contributed by atoms with Gasteiger partial charge in [-0.3, -0.25) is 4.79 Å². The van der Waals surface area contributed by atoms with Crippen molar-refractivity contribution in [1.29, 1.82) is 0 Å². The zero-order valence-electron chi connectivity index (χ0n) is 8.03. The van der Waals surface area contributed by atoms with Crippen molar-refractivity contribution in [1.82, 2.24) is 5.16 Å². The molecule has 0 amide bonds. The summed E-state index contributed by atoms with van der Waals surface area (Å²) in [4.78, 5) is 12.8. The number of nitrogens with zero attached hydrogens (tertiary/aromatic N) is 1. The fraction of sp³-hybridized carbons (Fsp3) is 0.273. The first kappa shape index (κ1) is 8.85. The van der Waals surface area contributed by atoms with Crippen LogP contribution in [0.1, 0.15) is 29.0 Å². The van der Waals surface area contributed by atoms with Gasteiger partial charge in [0, 0.05) is 12.8 Å². The number of ketones is 1. The summed E-state index contributed by atoms with van der Waals surface area (Å²) in [6.07, 6.45) is 2.33. The number of hydrogen-bond donors (Lipinski definition) is 0. The van der Waals surface area contributed by atoms with Crippen molar-refractivity contribution in [3.63, 3.8) is 0 Å². The van der Waals surface area contributed by atoms with Gasteiger partial charge in [0.15, 0.2) is 5.78 Å². The Morgan fingerprint density at radius 1 is 1.40 bits per heavy atom. The molecule has 0 saturated heterocycles. The van der Waals surface area contributed by atoms with E-state index in [1.54, 1.807) is 11.3 Å². The molecule has 2 aromatic rings. The minimum Gasteiger partial charge on any atom is -0.360 e. The molecule has 1 aliphatic rings. The third kappa shape index (κ3) is 1.33. The lowest BCUT2D eigenvalue weighted by molar-refractivity contribution is 0.0969. The Morgan fingerprint density at radius 2 is 2.33 bits per heavy atom. The van der Waals surface area contributed by atoms with E-state index in [0.717, 1.165) is 29.2 Å². The monoisotopic (exact) mass is 219 g/mol. The van der Waals surface area contributed by atoms with Crippen LogP contribution in [0.15, 0.2) is 22.0 Å². The lowest BCUT2D eigenvalue weighted by Gasteiger charge is -2.07. The first-order chi connectivity index (χ1) is 7.36. The molecule has 3 nitrogen and oxygen atoms in total. The molecule has 15 heavy (non-hydrogen) atoms. The van der Waals surface area contributed by atoms with E-state index in [1.165, 1.54) is 0 Å². The maximum Gasteiger partial charge on any atom is 0.168 e. The molecule has 0 aliphatic heterocycles. The van der Waals surface area contributed by atoms with E-state index in [0.29, 0.717) is 12.0 Å². The summed E-state index contributed by atoms with van der Waals surface area (Å²) < 4.78 is 5.22. The fourth-order valence-corrected chi connectivity index (χ4v) is 2.61. The number of fused-ring (bicyclic) bond motifs is 1. The van der Waals surface area contributed by atoms with Crippen LogP contribution in [-0.2, 0) is 6.42 Å². The Kier molecular flexibility index (Phi) is 1.95. The van der Waals surface area contributed by atoms with E-state index in [2.05, 4.69) is 5.16 Å². The molecule has 0 N–H and O–H groups in total. The van der Waals surface area contributed by atoms with Crippen LogP contribution in [-0.4, -0.2) is 10.9 Å². The Morgan fingerprint density at radius 3 is 3.13 bits per heavy atom. The highest BCUT2D eigenvalue weighted by Crippen LogP contribution is 2.33. The number of rotatable bonds is 1. The minimum absolute atomic E-state index is 0.168. The van der Waals surface area contributed by atoms with Gasteiger partial charge in [0.2, 0.25) is 0 Å². The van der Waals surface area contributed by atoms with Gasteiger partial charge in [0.05, 0.1) is 10.4 Å². The van der Waals surface area contributed by atoms with Crippen molar-refractivity contribution >= 4 is 17.1 Å². The molecular formula is C11H9NO2S. The molecule has 2 heterocycles. The Hall–Kier alpha value is -1.42. The van der Waals surface area contributed by atoms with Crippen LogP contribution in [0.4, 0.5) is 0 Å². The predicted molar refractivity (Wildman–Crippen MR) is 57.1 cm³/mol. The van der Waals surface area contributed by atoms with Gasteiger partial charge >= 0.3 is 0 Å². The van der Waals surface area contributed by atoms with Crippen LogP contribution in [0.25, 0.3) is 10.6 Å². The summed E-state index contributed by atoms with van der Waals surface area (Å²) >= 11 is 1.58. The van der Waals surface area contributed by atoms with E-state index in [1.807, 2.05) is 17.5 Å². The van der Waals surface area contributed by atoms with E-state index in [-0.39, 0.29) is 5.78 Å². The SMILES string of the molecule is O=C1CCCc2onc(-c3cccs3)c21. The average Bonchev–Trinajstić information content (AvgIpc) is 2.85. The average molecular weight is 219 g/mol. The summed E-state index contributed by atoms with van der Waals surface area (Å²) in [5.74, 6) is 0.926. The largest absolute Gasteiger partial charge is 0.360 e. The van der Waals surface area contributed by atoms with Crippen LogP contribution in [0.2, 0.25) is 0 Å². The van der Waals surface area contributed by atoms with Crippen molar-refractivity contribution in [3.8, 4) is 10.6 Å². The first-order valence-electron chi connectivity index (χ1n) is 4.92. The smallest absolute Gasteiger partial charge is 0.168 e. The van der Waals surface area contributed by atoms with Crippen LogP contribution >= 0.6 is 11.3 Å². The summed E-state index contributed by atoms with van der Waals surface area (Å²) in [6.45, 7) is 0. The quantitative estimate of drug-likeness (QED) is 0.740. The molecule has 0 unspecified atom stereocenters. The molecular weight excluding hydrogens is 210 g/mol. The second kappa shape index (κ2) is 3.31. The molecule has 0 fully saturated rings. The summed E-state index contributed by atoms with van der Waals surface area (Å²) in [5.41, 5.74) is 1.44. The van der Waals surface area contributed by atoms with Gasteiger partial charge in [-0.25, -0.2) is 0 Å². The van der Waals surface area contributed by atoms with Crippen LogP contribution in [0, 0.1) is 0 Å². The van der Waals surface area contributed by atoms with E-state index >= 15 is 0 Å². The zero-order valence-corrected chi connectivity index (χ0v) is 8.84. The molecule has 0 bridgehead atoms. The lowest BCUT2D eigenvalue weighted by Crippen LogP contribution is -2.08. The number of Topliss-reactive ketones (excluding diaryl/α,β-unsaturated/α-hetero) is 1. The molecule has 0 aromatic carbocycles. The second-order valence-electron chi connectivity index (χ2n) is 3.58. The topological polar surface area (TPSA) is 43.1 Å². The van der Waals surface area contributed by atoms with Gasteiger partial charge in [0.25, 0.3) is 0 Å². The van der Waals surface area contributed by atoms with Crippen molar-refractivity contribution in [2.75, 3.05) is 0 Å². The van der Waals surface area contributed by atoms with Gasteiger partial charge in [-0.1, -0.05) is 11.2 Å². The van der Waals surface area contributed by atoms with Gasteiger partial charge < -0.3 is 4.52 Å². The molecule has 3 rings (SSSR count). The second-order valence-corrected chi connectivity index (χ2v) is 4.53. The minimum atomic E-state index is 0.168. The Labute approximate surface area is 90.7 Å². The summed E-state index contributed by atoms with van der Waals surface area (Å²) in [5, 5.41) is 5.98.